The minimum Gasteiger partial charge on any atom is -0.391 e. The monoisotopic (exact) mass is 303 g/mol. The first-order valence-electron chi connectivity index (χ1n) is 3.29. The minimum atomic E-state index is -2.70. The fourth-order valence-electron chi connectivity index (χ4n) is 0.812. The lowest BCUT2D eigenvalue weighted by molar-refractivity contribution is 0.149. The van der Waals surface area contributed by atoms with Crippen LogP contribution in [-0.4, -0.2) is 10.1 Å². The molecule has 0 radical (unpaired) electrons. The van der Waals surface area contributed by atoms with Crippen LogP contribution in [0.25, 0.3) is 0 Å². The average molecular weight is 303 g/mol. The predicted octanol–water partition coefficient (Wildman–Crippen LogP) is 2.26. The van der Waals surface area contributed by atoms with Gasteiger partial charge in [-0.2, -0.15) is 4.39 Å². The van der Waals surface area contributed by atoms with Crippen molar-refractivity contribution in [2.24, 2.45) is 0 Å². The number of hydrogen-bond acceptors (Lipinski definition) is 2. The summed E-state index contributed by atoms with van der Waals surface area (Å²) in [5.74, 6) is -0.906. The Morgan fingerprint density at radius 3 is 2.62 bits per heavy atom. The number of aromatic nitrogens is 1. The van der Waals surface area contributed by atoms with Gasteiger partial charge in [-0.15, -0.1) is 0 Å². The van der Waals surface area contributed by atoms with Crippen molar-refractivity contribution in [2.75, 3.05) is 0 Å². The van der Waals surface area contributed by atoms with Gasteiger partial charge in [0.05, 0.1) is 6.61 Å². The second-order valence-electron chi connectivity index (χ2n) is 2.26. The van der Waals surface area contributed by atoms with Crippen molar-refractivity contribution in [1.82, 2.24) is 4.98 Å². The zero-order valence-corrected chi connectivity index (χ0v) is 8.43. The summed E-state index contributed by atoms with van der Waals surface area (Å²) in [6.45, 7) is -0.627. The maximum Gasteiger partial charge on any atom is 0.266 e. The van der Waals surface area contributed by atoms with Crippen molar-refractivity contribution in [2.45, 2.75) is 13.0 Å². The predicted molar refractivity (Wildman–Crippen MR) is 47.8 cm³/mol. The SMILES string of the molecule is OCc1c(F)ncc(C(F)F)c1I. The maximum absolute atomic E-state index is 12.8. The standard InChI is InChI=1S/C7H5F3INO/c8-6(9)3-1-12-7(10)4(2-13)5(3)11/h1,6,13H,2H2. The number of pyridine rings is 1. The fraction of sp³-hybridized carbons (Fsp3) is 0.286. The Bertz CT molecular complexity index is 319. The van der Waals surface area contributed by atoms with Gasteiger partial charge in [-0.3, -0.25) is 0 Å². The fourth-order valence-corrected chi connectivity index (χ4v) is 1.58. The van der Waals surface area contributed by atoms with Crippen LogP contribution in [0.5, 0.6) is 0 Å². The van der Waals surface area contributed by atoms with Crippen molar-refractivity contribution >= 4 is 22.6 Å². The van der Waals surface area contributed by atoms with E-state index in [1.54, 1.807) is 22.6 Å². The lowest BCUT2D eigenvalue weighted by Crippen LogP contribution is -2.02. The molecule has 1 rings (SSSR count). The molecule has 0 aliphatic heterocycles. The van der Waals surface area contributed by atoms with Crippen molar-refractivity contribution in [3.8, 4) is 0 Å². The third-order valence-electron chi connectivity index (χ3n) is 1.48. The van der Waals surface area contributed by atoms with Crippen LogP contribution >= 0.6 is 22.6 Å². The Morgan fingerprint density at radius 2 is 2.15 bits per heavy atom. The van der Waals surface area contributed by atoms with Crippen LogP contribution in [-0.2, 0) is 6.61 Å². The van der Waals surface area contributed by atoms with Crippen molar-refractivity contribution in [3.63, 3.8) is 0 Å². The molecule has 1 aromatic rings. The van der Waals surface area contributed by atoms with Crippen LogP contribution in [0.3, 0.4) is 0 Å². The maximum atomic E-state index is 12.8. The van der Waals surface area contributed by atoms with Crippen LogP contribution in [0.1, 0.15) is 17.6 Å². The molecule has 0 aliphatic rings. The average Bonchev–Trinajstić information content (AvgIpc) is 2.04. The first-order chi connectivity index (χ1) is 6.07. The summed E-state index contributed by atoms with van der Waals surface area (Å²) >= 11 is 1.56. The highest BCUT2D eigenvalue weighted by molar-refractivity contribution is 14.1. The highest BCUT2D eigenvalue weighted by Gasteiger charge is 2.17. The van der Waals surface area contributed by atoms with Gasteiger partial charge >= 0.3 is 0 Å². The molecule has 0 bridgehead atoms. The summed E-state index contributed by atoms with van der Waals surface area (Å²) in [5.41, 5.74) is -0.538. The summed E-state index contributed by atoms with van der Waals surface area (Å²) in [6, 6.07) is 0. The smallest absolute Gasteiger partial charge is 0.266 e. The first kappa shape index (κ1) is 10.7. The molecular formula is C7H5F3INO. The third-order valence-corrected chi connectivity index (χ3v) is 2.75. The van der Waals surface area contributed by atoms with Crippen molar-refractivity contribution in [1.29, 1.82) is 0 Å². The molecule has 0 atom stereocenters. The molecule has 0 unspecified atom stereocenters. The van der Waals surface area contributed by atoms with Crippen LogP contribution in [0.2, 0.25) is 0 Å². The third kappa shape index (κ3) is 2.11. The molecular weight excluding hydrogens is 298 g/mol. The second kappa shape index (κ2) is 4.23. The molecule has 2 nitrogen and oxygen atoms in total. The lowest BCUT2D eigenvalue weighted by Gasteiger charge is -2.06. The Morgan fingerprint density at radius 1 is 1.54 bits per heavy atom. The zero-order valence-electron chi connectivity index (χ0n) is 6.27. The number of aliphatic hydroxyl groups excluding tert-OH is 1. The molecule has 0 spiro atoms. The number of hydrogen-bond donors (Lipinski definition) is 1. The second-order valence-corrected chi connectivity index (χ2v) is 3.33. The van der Waals surface area contributed by atoms with Gasteiger partial charge in [-0.1, -0.05) is 0 Å². The first-order valence-corrected chi connectivity index (χ1v) is 4.37. The summed E-state index contributed by atoms with van der Waals surface area (Å²) in [6.07, 6.45) is -1.92. The van der Waals surface area contributed by atoms with Crippen molar-refractivity contribution in [3.05, 3.63) is 26.8 Å². The molecule has 1 N–H and O–H groups in total. The number of alkyl halides is 2. The van der Waals surface area contributed by atoms with E-state index in [-0.39, 0.29) is 14.7 Å². The van der Waals surface area contributed by atoms with Gasteiger partial charge in [0.15, 0.2) is 0 Å². The number of rotatable bonds is 2. The number of nitrogens with zero attached hydrogens (tertiary/aromatic N) is 1. The van der Waals surface area contributed by atoms with E-state index in [0.29, 0.717) is 0 Å². The van der Waals surface area contributed by atoms with Gasteiger partial charge in [0, 0.05) is 20.9 Å². The minimum absolute atomic E-state index is 0.0302. The molecule has 13 heavy (non-hydrogen) atoms. The molecule has 1 aromatic heterocycles. The Kier molecular flexibility index (Phi) is 3.48. The summed E-state index contributed by atoms with van der Waals surface area (Å²) < 4.78 is 37.3. The summed E-state index contributed by atoms with van der Waals surface area (Å²) in [4.78, 5) is 3.12. The number of halogens is 4. The van der Waals surface area contributed by atoms with E-state index in [9.17, 15) is 13.2 Å². The van der Waals surface area contributed by atoms with Crippen LogP contribution in [0.15, 0.2) is 6.20 Å². The van der Waals surface area contributed by atoms with Gasteiger partial charge in [0.25, 0.3) is 6.43 Å². The van der Waals surface area contributed by atoms with Gasteiger partial charge in [-0.25, -0.2) is 13.8 Å². The molecule has 0 fully saturated rings. The Balaban J connectivity index is 3.27. The topological polar surface area (TPSA) is 33.1 Å². The molecule has 72 valence electrons. The Hall–Kier alpha value is -0.370. The quantitative estimate of drug-likeness (QED) is 0.671. The molecule has 0 saturated heterocycles. The molecule has 0 aromatic carbocycles. The van der Waals surface area contributed by atoms with Crippen LogP contribution in [0, 0.1) is 9.52 Å². The van der Waals surface area contributed by atoms with Gasteiger partial charge in [0.1, 0.15) is 0 Å². The molecule has 0 amide bonds. The summed E-state index contributed by atoms with van der Waals surface area (Å²) in [7, 11) is 0. The van der Waals surface area contributed by atoms with E-state index in [4.69, 9.17) is 5.11 Å². The molecule has 6 heteroatoms. The lowest BCUT2D eigenvalue weighted by atomic mass is 10.2. The number of aliphatic hydroxyl groups is 1. The van der Waals surface area contributed by atoms with E-state index in [2.05, 4.69) is 4.98 Å². The molecule has 0 aliphatic carbocycles. The summed E-state index contributed by atoms with van der Waals surface area (Å²) in [5, 5.41) is 8.68. The van der Waals surface area contributed by atoms with E-state index in [1.807, 2.05) is 0 Å². The van der Waals surface area contributed by atoms with Crippen molar-refractivity contribution < 1.29 is 18.3 Å². The van der Waals surface area contributed by atoms with Gasteiger partial charge in [-0.05, 0) is 22.6 Å². The van der Waals surface area contributed by atoms with Crippen LogP contribution < -0.4 is 0 Å². The largest absolute Gasteiger partial charge is 0.391 e. The normalized spacial score (nSPS) is 10.9. The zero-order chi connectivity index (χ0) is 10.0. The van der Waals surface area contributed by atoms with Gasteiger partial charge < -0.3 is 5.11 Å². The Labute approximate surface area is 85.9 Å². The highest BCUT2D eigenvalue weighted by Crippen LogP contribution is 2.27. The molecule has 0 saturated carbocycles. The van der Waals surface area contributed by atoms with Crippen LogP contribution in [0.4, 0.5) is 13.2 Å². The highest BCUT2D eigenvalue weighted by atomic mass is 127. The van der Waals surface area contributed by atoms with E-state index >= 15 is 0 Å². The van der Waals surface area contributed by atoms with E-state index < -0.39 is 19.0 Å². The van der Waals surface area contributed by atoms with Gasteiger partial charge in [0.2, 0.25) is 5.95 Å². The van der Waals surface area contributed by atoms with E-state index in [0.717, 1.165) is 6.20 Å². The van der Waals surface area contributed by atoms with E-state index in [1.165, 1.54) is 0 Å². The molecule has 1 heterocycles.